The zero-order valence-electron chi connectivity index (χ0n) is 13.3. The van der Waals surface area contributed by atoms with Crippen molar-refractivity contribution in [2.75, 3.05) is 20.1 Å². The summed E-state index contributed by atoms with van der Waals surface area (Å²) < 4.78 is 0. The largest absolute Gasteiger partial charge is 0.391 e. The SMILES string of the molecule is CN1CCCC(O)C1CNC12CC3CC(CC(C3)C1)C2.Cl. The van der Waals surface area contributed by atoms with Gasteiger partial charge in [0, 0.05) is 18.1 Å². The van der Waals surface area contributed by atoms with Crippen molar-refractivity contribution in [2.45, 2.75) is 69.1 Å². The van der Waals surface area contributed by atoms with Crippen LogP contribution < -0.4 is 5.32 Å². The maximum atomic E-state index is 10.3. The van der Waals surface area contributed by atoms with Crippen LogP contribution in [-0.4, -0.2) is 47.8 Å². The van der Waals surface area contributed by atoms with E-state index in [4.69, 9.17) is 0 Å². The molecule has 0 radical (unpaired) electrons. The lowest BCUT2D eigenvalue weighted by molar-refractivity contribution is -0.0320. The molecule has 4 heteroatoms. The van der Waals surface area contributed by atoms with Gasteiger partial charge in [-0.2, -0.15) is 0 Å². The predicted molar refractivity (Wildman–Crippen MR) is 87.8 cm³/mol. The van der Waals surface area contributed by atoms with E-state index >= 15 is 0 Å². The number of halogens is 1. The third-order valence-electron chi connectivity index (χ3n) is 6.75. The Balaban J connectivity index is 0.00000132. The molecule has 1 aliphatic heterocycles. The first-order valence-corrected chi connectivity index (χ1v) is 8.77. The Labute approximate surface area is 135 Å². The quantitative estimate of drug-likeness (QED) is 0.840. The fraction of sp³-hybridized carbons (Fsp3) is 1.00. The summed E-state index contributed by atoms with van der Waals surface area (Å²) in [5.74, 6) is 3.01. The second kappa shape index (κ2) is 5.99. The predicted octanol–water partition coefficient (Wildman–Crippen LogP) is 2.42. The number of hydrogen-bond acceptors (Lipinski definition) is 3. The van der Waals surface area contributed by atoms with Crippen LogP contribution in [0.3, 0.4) is 0 Å². The summed E-state index contributed by atoms with van der Waals surface area (Å²) in [5, 5.41) is 14.2. The number of rotatable bonds is 3. The molecule has 122 valence electrons. The van der Waals surface area contributed by atoms with Crippen LogP contribution in [0.1, 0.15) is 51.4 Å². The molecular formula is C17H31ClN2O. The average molecular weight is 315 g/mol. The molecule has 3 nitrogen and oxygen atoms in total. The number of nitrogens with one attached hydrogen (secondary N) is 1. The average Bonchev–Trinajstić information content (AvgIpc) is 2.36. The number of nitrogens with zero attached hydrogens (tertiary/aromatic N) is 1. The molecule has 5 aliphatic rings. The van der Waals surface area contributed by atoms with Gasteiger partial charge in [0.2, 0.25) is 0 Å². The molecule has 1 heterocycles. The number of likely N-dealkylation sites (tertiary alicyclic amines) is 1. The topological polar surface area (TPSA) is 35.5 Å². The maximum absolute atomic E-state index is 10.3. The standard InChI is InChI=1S/C17H30N2O.ClH/c1-19-4-2-3-16(20)15(19)11-18-17-8-12-5-13(9-17)7-14(6-12)10-17;/h12-16,18,20H,2-11H2,1H3;1H. The van der Waals surface area contributed by atoms with Gasteiger partial charge in [-0.15, -0.1) is 12.4 Å². The van der Waals surface area contributed by atoms with Gasteiger partial charge in [-0.3, -0.25) is 4.90 Å². The van der Waals surface area contributed by atoms with E-state index < -0.39 is 0 Å². The smallest absolute Gasteiger partial charge is 0.0708 e. The van der Waals surface area contributed by atoms with Crippen molar-refractivity contribution in [1.82, 2.24) is 10.2 Å². The Hall–Kier alpha value is 0.170. The van der Waals surface area contributed by atoms with E-state index in [1.165, 1.54) is 38.5 Å². The molecule has 2 unspecified atom stereocenters. The number of likely N-dealkylation sites (N-methyl/N-ethyl adjacent to an activating group) is 1. The summed E-state index contributed by atoms with van der Waals surface area (Å²) in [5.41, 5.74) is 0.437. The number of aliphatic hydroxyl groups is 1. The summed E-state index contributed by atoms with van der Waals surface area (Å²) in [6, 6.07) is 0.330. The Morgan fingerprint density at radius 3 is 2.19 bits per heavy atom. The third-order valence-corrected chi connectivity index (χ3v) is 6.75. The third kappa shape index (κ3) is 2.99. The van der Waals surface area contributed by atoms with Crippen molar-refractivity contribution >= 4 is 12.4 Å². The minimum atomic E-state index is -0.129. The minimum Gasteiger partial charge on any atom is -0.391 e. The lowest BCUT2D eigenvalue weighted by Crippen LogP contribution is -2.62. The first-order valence-electron chi connectivity index (χ1n) is 8.77. The molecule has 2 N–H and O–H groups in total. The van der Waals surface area contributed by atoms with Crippen LogP contribution in [0.4, 0.5) is 0 Å². The van der Waals surface area contributed by atoms with E-state index in [-0.39, 0.29) is 18.5 Å². The highest BCUT2D eigenvalue weighted by atomic mass is 35.5. The van der Waals surface area contributed by atoms with Crippen LogP contribution in [0.25, 0.3) is 0 Å². The van der Waals surface area contributed by atoms with Gasteiger partial charge in [0.15, 0.2) is 0 Å². The van der Waals surface area contributed by atoms with Crippen molar-refractivity contribution in [3.63, 3.8) is 0 Å². The molecule has 4 bridgehead atoms. The molecule has 5 fully saturated rings. The summed E-state index contributed by atoms with van der Waals surface area (Å²) >= 11 is 0. The highest BCUT2D eigenvalue weighted by molar-refractivity contribution is 5.85. The van der Waals surface area contributed by atoms with Gasteiger partial charge in [0.1, 0.15) is 0 Å². The zero-order chi connectivity index (χ0) is 13.7. The van der Waals surface area contributed by atoms with E-state index in [0.29, 0.717) is 11.6 Å². The van der Waals surface area contributed by atoms with Crippen LogP contribution in [-0.2, 0) is 0 Å². The normalized spacial score (nSPS) is 49.1. The van der Waals surface area contributed by atoms with Crippen LogP contribution in [0.5, 0.6) is 0 Å². The van der Waals surface area contributed by atoms with E-state index in [9.17, 15) is 5.11 Å². The molecule has 4 saturated carbocycles. The molecule has 0 amide bonds. The van der Waals surface area contributed by atoms with Crippen molar-refractivity contribution in [3.05, 3.63) is 0 Å². The van der Waals surface area contributed by atoms with Gasteiger partial charge < -0.3 is 10.4 Å². The van der Waals surface area contributed by atoms with E-state index in [1.54, 1.807) is 0 Å². The van der Waals surface area contributed by atoms with Gasteiger partial charge in [-0.05, 0) is 82.7 Å². The zero-order valence-corrected chi connectivity index (χ0v) is 14.1. The summed E-state index contributed by atoms with van der Waals surface area (Å²) in [7, 11) is 2.18. The molecule has 21 heavy (non-hydrogen) atoms. The van der Waals surface area contributed by atoms with Crippen molar-refractivity contribution in [1.29, 1.82) is 0 Å². The summed E-state index contributed by atoms with van der Waals surface area (Å²) in [6.45, 7) is 2.13. The fourth-order valence-electron chi connectivity index (χ4n) is 6.14. The second-order valence-electron chi connectivity index (χ2n) is 8.34. The van der Waals surface area contributed by atoms with Crippen molar-refractivity contribution in [3.8, 4) is 0 Å². The molecule has 0 aromatic heterocycles. The molecule has 4 aliphatic carbocycles. The van der Waals surface area contributed by atoms with E-state index in [1.807, 2.05) is 0 Å². The summed E-state index contributed by atoms with van der Waals surface area (Å²) in [4.78, 5) is 2.36. The minimum absolute atomic E-state index is 0. The van der Waals surface area contributed by atoms with Crippen molar-refractivity contribution < 1.29 is 5.11 Å². The van der Waals surface area contributed by atoms with Gasteiger partial charge in [0.05, 0.1) is 6.10 Å². The number of piperidine rings is 1. The molecule has 2 atom stereocenters. The molecule has 0 spiro atoms. The number of aliphatic hydroxyl groups excluding tert-OH is 1. The highest BCUT2D eigenvalue weighted by Crippen LogP contribution is 2.55. The van der Waals surface area contributed by atoms with Crippen LogP contribution in [0.2, 0.25) is 0 Å². The lowest BCUT2D eigenvalue weighted by Gasteiger charge is -2.57. The fourth-order valence-corrected chi connectivity index (χ4v) is 6.14. The molecule has 0 aromatic rings. The van der Waals surface area contributed by atoms with Gasteiger partial charge >= 0.3 is 0 Å². The Kier molecular flexibility index (Phi) is 4.58. The Bertz CT molecular complexity index is 331. The molecular weight excluding hydrogens is 284 g/mol. The van der Waals surface area contributed by atoms with Crippen molar-refractivity contribution in [2.24, 2.45) is 17.8 Å². The van der Waals surface area contributed by atoms with Crippen LogP contribution >= 0.6 is 12.4 Å². The maximum Gasteiger partial charge on any atom is 0.0708 e. The lowest BCUT2D eigenvalue weighted by atomic mass is 9.53. The van der Waals surface area contributed by atoms with Crippen LogP contribution in [0, 0.1) is 17.8 Å². The monoisotopic (exact) mass is 314 g/mol. The van der Waals surface area contributed by atoms with Gasteiger partial charge in [-0.25, -0.2) is 0 Å². The first-order chi connectivity index (χ1) is 9.63. The molecule has 5 rings (SSSR count). The first kappa shape index (κ1) is 16.0. The summed E-state index contributed by atoms with van der Waals surface area (Å²) in [6.07, 6.45) is 10.7. The molecule has 0 aromatic carbocycles. The number of hydrogen-bond donors (Lipinski definition) is 2. The highest BCUT2D eigenvalue weighted by Gasteiger charge is 2.50. The van der Waals surface area contributed by atoms with Gasteiger partial charge in [-0.1, -0.05) is 0 Å². The second-order valence-corrected chi connectivity index (χ2v) is 8.34. The van der Waals surface area contributed by atoms with Gasteiger partial charge in [0.25, 0.3) is 0 Å². The molecule has 1 saturated heterocycles. The van der Waals surface area contributed by atoms with Crippen LogP contribution in [0.15, 0.2) is 0 Å². The van der Waals surface area contributed by atoms with E-state index in [2.05, 4.69) is 17.3 Å². The Morgan fingerprint density at radius 1 is 1.10 bits per heavy atom. The Morgan fingerprint density at radius 2 is 1.67 bits per heavy atom. The van der Waals surface area contributed by atoms with E-state index in [0.717, 1.165) is 43.7 Å².